The molecule has 7 heteroatoms. The first-order valence-electron chi connectivity index (χ1n) is 9.79. The molecule has 1 aromatic carbocycles. The minimum atomic E-state index is 0.466. The molecule has 152 valence electrons. The summed E-state index contributed by atoms with van der Waals surface area (Å²) in [5.74, 6) is 3.41. The van der Waals surface area contributed by atoms with Crippen molar-refractivity contribution in [2.24, 2.45) is 0 Å². The molecule has 1 aliphatic heterocycles. The van der Waals surface area contributed by atoms with Crippen LogP contribution in [-0.4, -0.2) is 75.4 Å². The first-order chi connectivity index (χ1) is 13.6. The van der Waals surface area contributed by atoms with Crippen LogP contribution in [0.25, 0.3) is 0 Å². The standard InChI is InChI=1S/C21H31N5O2/c1-24(2)20-8-11-22-21(23-20)25(3)17-9-12-26(13-10-17)14-15-28-19-7-5-6-18(16-19)27-4/h5-8,11,16-17H,9-10,12-15H2,1-4H3. The van der Waals surface area contributed by atoms with Gasteiger partial charge in [-0.1, -0.05) is 6.07 Å². The third kappa shape index (κ3) is 5.25. The Kier molecular flexibility index (Phi) is 6.92. The van der Waals surface area contributed by atoms with Gasteiger partial charge in [0.25, 0.3) is 0 Å². The van der Waals surface area contributed by atoms with Crippen molar-refractivity contribution in [2.75, 3.05) is 64.3 Å². The van der Waals surface area contributed by atoms with Gasteiger partial charge in [0, 0.05) is 59.1 Å². The van der Waals surface area contributed by atoms with Gasteiger partial charge in [0.15, 0.2) is 0 Å². The number of benzene rings is 1. The number of aromatic nitrogens is 2. The predicted molar refractivity (Wildman–Crippen MR) is 113 cm³/mol. The topological polar surface area (TPSA) is 54.0 Å². The summed E-state index contributed by atoms with van der Waals surface area (Å²) in [5, 5.41) is 0. The summed E-state index contributed by atoms with van der Waals surface area (Å²) in [5.41, 5.74) is 0. The van der Waals surface area contributed by atoms with Crippen molar-refractivity contribution in [3.8, 4) is 11.5 Å². The van der Waals surface area contributed by atoms with Crippen LogP contribution in [0.2, 0.25) is 0 Å². The van der Waals surface area contributed by atoms with Crippen molar-refractivity contribution in [2.45, 2.75) is 18.9 Å². The number of rotatable bonds is 8. The molecule has 2 heterocycles. The lowest BCUT2D eigenvalue weighted by Crippen LogP contribution is -2.45. The van der Waals surface area contributed by atoms with Crippen molar-refractivity contribution in [3.05, 3.63) is 36.5 Å². The number of likely N-dealkylation sites (tertiary alicyclic amines) is 1. The summed E-state index contributed by atoms with van der Waals surface area (Å²) < 4.78 is 11.1. The van der Waals surface area contributed by atoms with Crippen molar-refractivity contribution in [1.29, 1.82) is 0 Å². The van der Waals surface area contributed by atoms with E-state index in [4.69, 9.17) is 9.47 Å². The third-order valence-corrected chi connectivity index (χ3v) is 5.22. The molecule has 1 saturated heterocycles. The highest BCUT2D eigenvalue weighted by Crippen LogP contribution is 2.21. The fourth-order valence-corrected chi connectivity index (χ4v) is 3.44. The van der Waals surface area contributed by atoms with E-state index in [0.717, 1.165) is 55.7 Å². The Morgan fingerprint density at radius 3 is 2.57 bits per heavy atom. The second-order valence-electron chi connectivity index (χ2n) is 7.32. The Labute approximate surface area is 167 Å². The van der Waals surface area contributed by atoms with Gasteiger partial charge in [-0.15, -0.1) is 0 Å². The zero-order valence-electron chi connectivity index (χ0n) is 17.3. The molecule has 0 radical (unpaired) electrons. The van der Waals surface area contributed by atoms with Gasteiger partial charge >= 0.3 is 0 Å². The van der Waals surface area contributed by atoms with Gasteiger partial charge in [-0.05, 0) is 31.0 Å². The number of hydrogen-bond acceptors (Lipinski definition) is 7. The third-order valence-electron chi connectivity index (χ3n) is 5.22. The van der Waals surface area contributed by atoms with Crippen LogP contribution in [0.3, 0.4) is 0 Å². The molecule has 0 amide bonds. The van der Waals surface area contributed by atoms with E-state index in [2.05, 4.69) is 26.8 Å². The summed E-state index contributed by atoms with van der Waals surface area (Å²) in [4.78, 5) is 15.8. The van der Waals surface area contributed by atoms with E-state index < -0.39 is 0 Å². The van der Waals surface area contributed by atoms with E-state index in [1.165, 1.54) is 0 Å². The Hall–Kier alpha value is -2.54. The van der Waals surface area contributed by atoms with Crippen molar-refractivity contribution < 1.29 is 9.47 Å². The van der Waals surface area contributed by atoms with E-state index >= 15 is 0 Å². The van der Waals surface area contributed by atoms with Crippen LogP contribution in [0.1, 0.15) is 12.8 Å². The van der Waals surface area contributed by atoms with Crippen molar-refractivity contribution in [3.63, 3.8) is 0 Å². The van der Waals surface area contributed by atoms with Gasteiger partial charge in [0.2, 0.25) is 5.95 Å². The number of nitrogens with zero attached hydrogens (tertiary/aromatic N) is 5. The summed E-state index contributed by atoms with van der Waals surface area (Å²) in [6.45, 7) is 3.73. The number of ether oxygens (including phenoxy) is 2. The minimum Gasteiger partial charge on any atom is -0.497 e. The fraction of sp³-hybridized carbons (Fsp3) is 0.524. The lowest BCUT2D eigenvalue weighted by Gasteiger charge is -2.36. The zero-order chi connectivity index (χ0) is 19.9. The van der Waals surface area contributed by atoms with E-state index in [-0.39, 0.29) is 0 Å². The maximum atomic E-state index is 5.87. The van der Waals surface area contributed by atoms with E-state index in [9.17, 15) is 0 Å². The van der Waals surface area contributed by atoms with Gasteiger partial charge in [-0.2, -0.15) is 4.98 Å². The van der Waals surface area contributed by atoms with Crippen LogP contribution in [0.15, 0.2) is 36.5 Å². The highest BCUT2D eigenvalue weighted by Gasteiger charge is 2.24. The van der Waals surface area contributed by atoms with Crippen LogP contribution >= 0.6 is 0 Å². The smallest absolute Gasteiger partial charge is 0.227 e. The first-order valence-corrected chi connectivity index (χ1v) is 9.79. The van der Waals surface area contributed by atoms with Crippen LogP contribution in [-0.2, 0) is 0 Å². The Bertz CT molecular complexity index is 747. The summed E-state index contributed by atoms with van der Waals surface area (Å²) in [6.07, 6.45) is 4.04. The highest BCUT2D eigenvalue weighted by atomic mass is 16.5. The number of piperidine rings is 1. The lowest BCUT2D eigenvalue weighted by molar-refractivity contribution is 0.172. The number of hydrogen-bond donors (Lipinski definition) is 0. The molecule has 0 saturated carbocycles. The van der Waals surface area contributed by atoms with Gasteiger partial charge in [0.05, 0.1) is 7.11 Å². The molecule has 7 nitrogen and oxygen atoms in total. The molecule has 1 fully saturated rings. The second kappa shape index (κ2) is 9.59. The SMILES string of the molecule is COc1cccc(OCCN2CCC(N(C)c3nccc(N(C)C)n3)CC2)c1. The van der Waals surface area contributed by atoms with Gasteiger partial charge in [0.1, 0.15) is 23.9 Å². The molecule has 28 heavy (non-hydrogen) atoms. The van der Waals surface area contributed by atoms with Crippen LogP contribution in [0.4, 0.5) is 11.8 Å². The average Bonchev–Trinajstić information content (AvgIpc) is 2.74. The fourth-order valence-electron chi connectivity index (χ4n) is 3.44. The van der Waals surface area contributed by atoms with Gasteiger partial charge < -0.3 is 19.3 Å². The minimum absolute atomic E-state index is 0.466. The molecular weight excluding hydrogens is 354 g/mol. The van der Waals surface area contributed by atoms with Crippen LogP contribution < -0.4 is 19.3 Å². The predicted octanol–water partition coefficient (Wildman–Crippen LogP) is 2.53. The maximum Gasteiger partial charge on any atom is 0.227 e. The normalized spacial score (nSPS) is 15.3. The van der Waals surface area contributed by atoms with Crippen molar-refractivity contribution in [1.82, 2.24) is 14.9 Å². The monoisotopic (exact) mass is 385 g/mol. The average molecular weight is 386 g/mol. The molecule has 3 rings (SSSR count). The van der Waals surface area contributed by atoms with Crippen LogP contribution in [0.5, 0.6) is 11.5 Å². The summed E-state index contributed by atoms with van der Waals surface area (Å²) in [7, 11) is 7.76. The molecule has 0 unspecified atom stereocenters. The van der Waals surface area contributed by atoms with Gasteiger partial charge in [-0.3, -0.25) is 4.90 Å². The molecule has 0 atom stereocenters. The zero-order valence-corrected chi connectivity index (χ0v) is 17.3. The van der Waals surface area contributed by atoms with Gasteiger partial charge in [-0.25, -0.2) is 4.98 Å². The number of anilines is 2. The van der Waals surface area contributed by atoms with E-state index in [1.54, 1.807) is 7.11 Å². The molecule has 0 aliphatic carbocycles. The quantitative estimate of drug-likeness (QED) is 0.692. The van der Waals surface area contributed by atoms with Crippen molar-refractivity contribution >= 4 is 11.8 Å². The molecule has 0 spiro atoms. The van der Waals surface area contributed by atoms with E-state index in [1.807, 2.05) is 55.5 Å². The molecule has 0 N–H and O–H groups in total. The van der Waals surface area contributed by atoms with Crippen LogP contribution in [0, 0.1) is 0 Å². The summed E-state index contributed by atoms with van der Waals surface area (Å²) in [6, 6.07) is 10.2. The molecule has 1 aromatic heterocycles. The Balaban J connectivity index is 1.44. The first kappa shape index (κ1) is 20.2. The highest BCUT2D eigenvalue weighted by molar-refractivity contribution is 5.42. The number of methoxy groups -OCH3 is 1. The summed E-state index contributed by atoms with van der Waals surface area (Å²) >= 11 is 0. The maximum absolute atomic E-state index is 5.87. The Morgan fingerprint density at radius 2 is 1.86 bits per heavy atom. The van der Waals surface area contributed by atoms with E-state index in [0.29, 0.717) is 12.6 Å². The lowest BCUT2D eigenvalue weighted by atomic mass is 10.0. The molecule has 0 bridgehead atoms. The second-order valence-corrected chi connectivity index (χ2v) is 7.32. The molecule has 1 aliphatic rings. The molecular formula is C21H31N5O2. The largest absolute Gasteiger partial charge is 0.497 e. The Morgan fingerprint density at radius 1 is 1.11 bits per heavy atom. The molecule has 2 aromatic rings.